The van der Waals surface area contributed by atoms with E-state index in [4.69, 9.17) is 0 Å². The maximum atomic E-state index is 13.1. The molecule has 1 N–H and O–H groups in total. The fourth-order valence-electron chi connectivity index (χ4n) is 2.71. The third-order valence-corrected chi connectivity index (χ3v) is 4.07. The number of nitrogens with zero attached hydrogens (tertiary/aromatic N) is 2. The van der Waals surface area contributed by atoms with Crippen LogP contribution in [0.25, 0.3) is 11.1 Å². The third kappa shape index (κ3) is 4.02. The van der Waals surface area contributed by atoms with Crippen LogP contribution in [0.5, 0.6) is 0 Å². The van der Waals surface area contributed by atoms with Gasteiger partial charge in [-0.1, -0.05) is 42.5 Å². The molecule has 3 nitrogen and oxygen atoms in total. The van der Waals surface area contributed by atoms with Crippen LogP contribution in [0.15, 0.2) is 60.7 Å². The lowest BCUT2D eigenvalue weighted by Crippen LogP contribution is -2.10. The van der Waals surface area contributed by atoms with Crippen molar-refractivity contribution >= 4 is 5.82 Å². The van der Waals surface area contributed by atoms with Gasteiger partial charge < -0.3 is 5.32 Å². The zero-order valence-electron chi connectivity index (χ0n) is 14.4. The summed E-state index contributed by atoms with van der Waals surface area (Å²) < 4.78 is 39.2. The molecule has 2 aromatic carbocycles. The summed E-state index contributed by atoms with van der Waals surface area (Å²) in [4.78, 5) is 0. The normalized spacial score (nSPS) is 12.7. The average Bonchev–Trinajstić information content (AvgIpc) is 2.63. The van der Waals surface area contributed by atoms with Crippen LogP contribution in [0.3, 0.4) is 0 Å². The molecule has 0 fully saturated rings. The summed E-state index contributed by atoms with van der Waals surface area (Å²) >= 11 is 0. The smallest absolute Gasteiger partial charge is 0.362 e. The maximum Gasteiger partial charge on any atom is 0.416 e. The highest BCUT2D eigenvalue weighted by atomic mass is 19.4. The number of anilines is 1. The van der Waals surface area contributed by atoms with Crippen LogP contribution < -0.4 is 5.32 Å². The number of hydrogen-bond donors (Lipinski definition) is 1. The van der Waals surface area contributed by atoms with E-state index in [0.29, 0.717) is 22.6 Å². The van der Waals surface area contributed by atoms with Crippen molar-refractivity contribution in [1.82, 2.24) is 10.2 Å². The van der Waals surface area contributed by atoms with Crippen molar-refractivity contribution in [3.05, 3.63) is 77.5 Å². The fraction of sp³-hybridized carbons (Fsp3) is 0.200. The average molecular weight is 357 g/mol. The predicted octanol–water partition coefficient (Wildman–Crippen LogP) is 5.64. The Kier molecular flexibility index (Phi) is 4.93. The molecular weight excluding hydrogens is 339 g/mol. The molecule has 0 saturated carbocycles. The van der Waals surface area contributed by atoms with Crippen molar-refractivity contribution in [2.45, 2.75) is 26.1 Å². The van der Waals surface area contributed by atoms with Gasteiger partial charge in [0.05, 0.1) is 17.3 Å². The standard InChI is InChI=1S/C20H18F3N3/c1-13-11-18(16-9-6-10-17(12-16)20(21,22)23)19(26-25-13)24-14(2)15-7-4-3-5-8-15/h3-12,14H,1-2H3,(H,24,26). The van der Waals surface area contributed by atoms with Crippen LogP contribution in [0.2, 0.25) is 0 Å². The molecule has 134 valence electrons. The first-order valence-electron chi connectivity index (χ1n) is 8.18. The Labute approximate surface area is 149 Å². The first kappa shape index (κ1) is 17.9. The number of aryl methyl sites for hydroxylation is 1. The Morgan fingerprint density at radius 1 is 0.923 bits per heavy atom. The van der Waals surface area contributed by atoms with Crippen molar-refractivity contribution in [3.8, 4) is 11.1 Å². The number of aromatic nitrogens is 2. The van der Waals surface area contributed by atoms with Crippen LogP contribution in [-0.2, 0) is 6.18 Å². The van der Waals surface area contributed by atoms with Crippen LogP contribution in [-0.4, -0.2) is 10.2 Å². The Bertz CT molecular complexity index is 892. The van der Waals surface area contributed by atoms with Crippen molar-refractivity contribution in [1.29, 1.82) is 0 Å². The summed E-state index contributed by atoms with van der Waals surface area (Å²) in [5.41, 5.74) is 2.03. The lowest BCUT2D eigenvalue weighted by atomic mass is 10.0. The quantitative estimate of drug-likeness (QED) is 0.656. The molecule has 1 aromatic heterocycles. The van der Waals surface area contributed by atoms with Gasteiger partial charge >= 0.3 is 6.18 Å². The van der Waals surface area contributed by atoms with Crippen molar-refractivity contribution in [2.75, 3.05) is 5.32 Å². The molecular formula is C20H18F3N3. The van der Waals surface area contributed by atoms with E-state index in [1.807, 2.05) is 37.3 Å². The molecule has 0 saturated heterocycles. The highest BCUT2D eigenvalue weighted by Crippen LogP contribution is 2.34. The minimum absolute atomic E-state index is 0.0715. The summed E-state index contributed by atoms with van der Waals surface area (Å²) in [7, 11) is 0. The number of benzene rings is 2. The van der Waals surface area contributed by atoms with Gasteiger partial charge in [-0.3, -0.25) is 0 Å². The largest absolute Gasteiger partial charge is 0.416 e. The number of nitrogens with one attached hydrogen (secondary N) is 1. The van der Waals surface area contributed by atoms with Gasteiger partial charge in [-0.05, 0) is 43.2 Å². The highest BCUT2D eigenvalue weighted by Gasteiger charge is 2.30. The zero-order valence-corrected chi connectivity index (χ0v) is 14.4. The Hall–Kier alpha value is -2.89. The number of alkyl halides is 3. The van der Waals surface area contributed by atoms with E-state index in [-0.39, 0.29) is 6.04 Å². The number of hydrogen-bond acceptors (Lipinski definition) is 3. The first-order valence-corrected chi connectivity index (χ1v) is 8.18. The summed E-state index contributed by atoms with van der Waals surface area (Å²) in [5, 5.41) is 11.5. The summed E-state index contributed by atoms with van der Waals surface area (Å²) in [6, 6.07) is 16.6. The Morgan fingerprint density at radius 2 is 1.65 bits per heavy atom. The van der Waals surface area contributed by atoms with E-state index in [0.717, 1.165) is 17.7 Å². The SMILES string of the molecule is Cc1cc(-c2cccc(C(F)(F)F)c2)c(NC(C)c2ccccc2)nn1. The Balaban J connectivity index is 1.99. The van der Waals surface area contributed by atoms with E-state index >= 15 is 0 Å². The second kappa shape index (κ2) is 7.15. The summed E-state index contributed by atoms with van der Waals surface area (Å²) in [6.07, 6.45) is -4.39. The molecule has 3 rings (SSSR count). The van der Waals surface area contributed by atoms with Crippen molar-refractivity contribution in [2.24, 2.45) is 0 Å². The second-order valence-electron chi connectivity index (χ2n) is 6.10. The monoisotopic (exact) mass is 357 g/mol. The predicted molar refractivity (Wildman–Crippen MR) is 95.7 cm³/mol. The van der Waals surface area contributed by atoms with Crippen molar-refractivity contribution < 1.29 is 13.2 Å². The van der Waals surface area contributed by atoms with E-state index in [1.165, 1.54) is 6.07 Å². The van der Waals surface area contributed by atoms with Gasteiger partial charge in [0, 0.05) is 5.56 Å². The van der Waals surface area contributed by atoms with Crippen LogP contribution in [0, 0.1) is 6.92 Å². The van der Waals surface area contributed by atoms with Gasteiger partial charge in [-0.2, -0.15) is 18.3 Å². The minimum atomic E-state index is -4.39. The molecule has 0 spiro atoms. The molecule has 1 heterocycles. The molecule has 0 aliphatic carbocycles. The highest BCUT2D eigenvalue weighted by molar-refractivity contribution is 5.75. The minimum Gasteiger partial charge on any atom is -0.362 e. The van der Waals surface area contributed by atoms with E-state index in [9.17, 15) is 13.2 Å². The topological polar surface area (TPSA) is 37.8 Å². The van der Waals surface area contributed by atoms with Crippen LogP contribution >= 0.6 is 0 Å². The van der Waals surface area contributed by atoms with E-state index in [2.05, 4.69) is 15.5 Å². The zero-order chi connectivity index (χ0) is 18.7. The van der Waals surface area contributed by atoms with E-state index in [1.54, 1.807) is 19.1 Å². The van der Waals surface area contributed by atoms with Gasteiger partial charge in [0.15, 0.2) is 5.82 Å². The van der Waals surface area contributed by atoms with Gasteiger partial charge in [0.1, 0.15) is 0 Å². The molecule has 1 atom stereocenters. The Morgan fingerprint density at radius 3 is 2.35 bits per heavy atom. The van der Waals surface area contributed by atoms with Crippen molar-refractivity contribution in [3.63, 3.8) is 0 Å². The third-order valence-electron chi connectivity index (χ3n) is 4.07. The molecule has 0 radical (unpaired) electrons. The molecule has 0 aliphatic rings. The van der Waals surface area contributed by atoms with Crippen LogP contribution in [0.4, 0.5) is 19.0 Å². The number of halogens is 3. The molecule has 6 heteroatoms. The summed E-state index contributed by atoms with van der Waals surface area (Å²) in [5.74, 6) is 0.450. The fourth-order valence-corrected chi connectivity index (χ4v) is 2.71. The molecule has 1 unspecified atom stereocenters. The number of rotatable bonds is 4. The maximum absolute atomic E-state index is 13.1. The molecule has 3 aromatic rings. The van der Waals surface area contributed by atoms with Gasteiger partial charge in [-0.25, -0.2) is 0 Å². The molecule has 0 aliphatic heterocycles. The van der Waals surface area contributed by atoms with Gasteiger partial charge in [0.2, 0.25) is 0 Å². The van der Waals surface area contributed by atoms with Gasteiger partial charge in [0.25, 0.3) is 0 Å². The second-order valence-corrected chi connectivity index (χ2v) is 6.10. The lowest BCUT2D eigenvalue weighted by Gasteiger charge is -2.18. The molecule has 26 heavy (non-hydrogen) atoms. The molecule has 0 bridgehead atoms. The molecule has 0 amide bonds. The van der Waals surface area contributed by atoms with Gasteiger partial charge in [-0.15, -0.1) is 5.10 Å². The first-order chi connectivity index (χ1) is 12.3. The summed E-state index contributed by atoms with van der Waals surface area (Å²) in [6.45, 7) is 3.72. The lowest BCUT2D eigenvalue weighted by molar-refractivity contribution is -0.137. The van der Waals surface area contributed by atoms with Crippen LogP contribution in [0.1, 0.15) is 29.8 Å². The van der Waals surface area contributed by atoms with E-state index < -0.39 is 11.7 Å².